The van der Waals surface area contributed by atoms with Crippen molar-refractivity contribution in [2.75, 3.05) is 12.4 Å². The highest BCUT2D eigenvalue weighted by molar-refractivity contribution is 9.13. The molecule has 0 saturated heterocycles. The number of imidazole rings is 1. The molecule has 0 aliphatic carbocycles. The quantitative estimate of drug-likeness (QED) is 0.512. The predicted octanol–water partition coefficient (Wildman–Crippen LogP) is 4.91. The van der Waals surface area contributed by atoms with Gasteiger partial charge >= 0.3 is 0 Å². The molecule has 0 aliphatic rings. The molecule has 0 radical (unpaired) electrons. The molecule has 0 aliphatic heterocycles. The first-order valence-electron chi connectivity index (χ1n) is 5.57. The Morgan fingerprint density at radius 2 is 2.11 bits per heavy atom. The topological polar surface area (TPSA) is 40.8 Å². The summed E-state index contributed by atoms with van der Waals surface area (Å²) in [6, 6.07) is 5.87. The highest BCUT2D eigenvalue weighted by atomic mass is 79.9. The Morgan fingerprint density at radius 1 is 1.26 bits per heavy atom. The van der Waals surface area contributed by atoms with Crippen LogP contribution in [-0.2, 0) is 5.75 Å². The van der Waals surface area contributed by atoms with Gasteiger partial charge in [-0.25, -0.2) is 0 Å². The Labute approximate surface area is 137 Å². The summed E-state index contributed by atoms with van der Waals surface area (Å²) in [4.78, 5) is 6.04. The second-order valence-electron chi connectivity index (χ2n) is 3.75. The number of benzene rings is 1. The van der Waals surface area contributed by atoms with Crippen LogP contribution >= 0.6 is 55.8 Å². The number of H-pyrrole nitrogens is 2. The van der Waals surface area contributed by atoms with Crippen LogP contribution in [0.1, 0.15) is 5.69 Å². The van der Waals surface area contributed by atoms with E-state index in [1.54, 1.807) is 11.8 Å². The van der Waals surface area contributed by atoms with Gasteiger partial charge in [0.05, 0.1) is 6.61 Å². The highest BCUT2D eigenvalue weighted by Crippen LogP contribution is 2.27. The van der Waals surface area contributed by atoms with Crippen LogP contribution < -0.4 is 4.74 Å². The minimum absolute atomic E-state index is 0.673. The van der Waals surface area contributed by atoms with Crippen LogP contribution in [0.5, 0.6) is 5.75 Å². The van der Waals surface area contributed by atoms with Crippen LogP contribution in [0.4, 0.5) is 0 Å². The van der Waals surface area contributed by atoms with Crippen molar-refractivity contribution in [3.8, 4) is 5.75 Å². The van der Waals surface area contributed by atoms with Gasteiger partial charge in [0.25, 0.3) is 0 Å². The van der Waals surface area contributed by atoms with E-state index < -0.39 is 0 Å². The Morgan fingerprint density at radius 3 is 2.79 bits per heavy atom. The predicted molar refractivity (Wildman–Crippen MR) is 89.5 cm³/mol. The van der Waals surface area contributed by atoms with E-state index in [0.29, 0.717) is 11.4 Å². The molecule has 19 heavy (non-hydrogen) atoms. The lowest BCUT2D eigenvalue weighted by molar-refractivity contribution is 0.343. The first-order valence-corrected chi connectivity index (χ1v) is 8.72. The van der Waals surface area contributed by atoms with Gasteiger partial charge in [0.15, 0.2) is 4.77 Å². The minimum Gasteiger partial charge on any atom is -0.493 e. The number of ether oxygens (including phenoxy) is 1. The number of hydrogen-bond donors (Lipinski definition) is 2. The lowest BCUT2D eigenvalue weighted by Crippen LogP contribution is -2.00. The van der Waals surface area contributed by atoms with E-state index in [2.05, 4.69) is 41.8 Å². The molecule has 0 amide bonds. The van der Waals surface area contributed by atoms with Crippen molar-refractivity contribution in [2.24, 2.45) is 0 Å². The van der Waals surface area contributed by atoms with Gasteiger partial charge in [-0.3, -0.25) is 0 Å². The van der Waals surface area contributed by atoms with Gasteiger partial charge in [0.2, 0.25) is 0 Å². The molecule has 0 bridgehead atoms. The summed E-state index contributed by atoms with van der Waals surface area (Å²) < 4.78 is 8.37. The third-order valence-electron chi connectivity index (χ3n) is 2.30. The summed E-state index contributed by atoms with van der Waals surface area (Å²) >= 11 is 13.7. The van der Waals surface area contributed by atoms with Gasteiger partial charge in [-0.2, -0.15) is 11.8 Å². The molecular formula is C12H12Br2N2OS2. The number of aromatic nitrogens is 2. The number of thioether (sulfide) groups is 1. The van der Waals surface area contributed by atoms with Crippen LogP contribution in [0.15, 0.2) is 33.3 Å². The fraction of sp³-hybridized carbons (Fsp3) is 0.250. The molecule has 1 heterocycles. The Kier molecular flexibility index (Phi) is 6.00. The third-order valence-corrected chi connectivity index (χ3v) is 5.37. The molecule has 1 aromatic heterocycles. The van der Waals surface area contributed by atoms with Crippen LogP contribution in [0.3, 0.4) is 0 Å². The van der Waals surface area contributed by atoms with Crippen LogP contribution in [-0.4, -0.2) is 22.3 Å². The molecule has 1 aromatic carbocycles. The average Bonchev–Trinajstić information content (AvgIpc) is 2.79. The lowest BCUT2D eigenvalue weighted by atomic mass is 10.3. The molecule has 102 valence electrons. The van der Waals surface area contributed by atoms with Gasteiger partial charge in [-0.15, -0.1) is 0 Å². The van der Waals surface area contributed by atoms with Crippen LogP contribution in [0.25, 0.3) is 0 Å². The van der Waals surface area contributed by atoms with E-state index >= 15 is 0 Å². The van der Waals surface area contributed by atoms with Crippen molar-refractivity contribution < 1.29 is 4.74 Å². The first kappa shape index (κ1) is 15.2. The number of rotatable bonds is 6. The minimum atomic E-state index is 0.673. The van der Waals surface area contributed by atoms with Gasteiger partial charge in [-0.1, -0.05) is 0 Å². The zero-order valence-corrected chi connectivity index (χ0v) is 14.7. The Balaban J connectivity index is 1.69. The highest BCUT2D eigenvalue weighted by Gasteiger charge is 2.00. The summed E-state index contributed by atoms with van der Waals surface area (Å²) in [6.45, 7) is 0.684. The maximum Gasteiger partial charge on any atom is 0.174 e. The second-order valence-corrected chi connectivity index (χ2v) is 6.97. The van der Waals surface area contributed by atoms with Crippen molar-refractivity contribution in [1.82, 2.24) is 9.97 Å². The average molecular weight is 424 g/mol. The molecule has 0 unspecified atom stereocenters. The first-order chi connectivity index (χ1) is 9.15. The number of nitrogens with one attached hydrogen (secondary N) is 2. The normalized spacial score (nSPS) is 10.6. The number of hydrogen-bond acceptors (Lipinski definition) is 3. The molecule has 0 atom stereocenters. The Hall–Kier alpha value is -0.240. The van der Waals surface area contributed by atoms with E-state index in [0.717, 1.165) is 31.9 Å². The van der Waals surface area contributed by atoms with Gasteiger partial charge in [-0.05, 0) is 62.3 Å². The summed E-state index contributed by atoms with van der Waals surface area (Å²) in [7, 11) is 0. The maximum absolute atomic E-state index is 5.67. The van der Waals surface area contributed by atoms with Crippen LogP contribution in [0.2, 0.25) is 0 Å². The van der Waals surface area contributed by atoms with E-state index in [9.17, 15) is 0 Å². The summed E-state index contributed by atoms with van der Waals surface area (Å²) in [6.07, 6.45) is 1.90. The Bertz CT molecular complexity index is 597. The smallest absolute Gasteiger partial charge is 0.174 e. The molecule has 0 fully saturated rings. The summed E-state index contributed by atoms with van der Waals surface area (Å²) in [5.74, 6) is 2.71. The lowest BCUT2D eigenvalue weighted by Gasteiger charge is -2.06. The molecule has 2 aromatic rings. The van der Waals surface area contributed by atoms with Crippen molar-refractivity contribution in [1.29, 1.82) is 0 Å². The molecular weight excluding hydrogens is 412 g/mol. The molecule has 7 heteroatoms. The number of halogens is 2. The molecule has 2 N–H and O–H groups in total. The van der Waals surface area contributed by atoms with Crippen molar-refractivity contribution in [3.05, 3.63) is 43.8 Å². The molecule has 2 rings (SSSR count). The van der Waals surface area contributed by atoms with E-state index in [1.165, 1.54) is 0 Å². The SMILES string of the molecule is S=c1[nH]cc(CSCCOc2ccc(Br)c(Br)c2)[nH]1. The second kappa shape index (κ2) is 7.52. The third kappa shape index (κ3) is 4.98. The molecule has 0 saturated carbocycles. The summed E-state index contributed by atoms with van der Waals surface area (Å²) in [5, 5.41) is 0. The van der Waals surface area contributed by atoms with Gasteiger partial charge in [0, 0.05) is 32.3 Å². The summed E-state index contributed by atoms with van der Waals surface area (Å²) in [5.41, 5.74) is 1.11. The van der Waals surface area contributed by atoms with Gasteiger partial charge in [0.1, 0.15) is 5.75 Å². The number of aromatic amines is 2. The maximum atomic E-state index is 5.67. The zero-order valence-electron chi connectivity index (χ0n) is 9.91. The molecule has 3 nitrogen and oxygen atoms in total. The van der Waals surface area contributed by atoms with E-state index in [1.807, 2.05) is 24.4 Å². The largest absolute Gasteiger partial charge is 0.493 e. The fourth-order valence-electron chi connectivity index (χ4n) is 1.42. The fourth-order valence-corrected chi connectivity index (χ4v) is 2.93. The zero-order chi connectivity index (χ0) is 13.7. The van der Waals surface area contributed by atoms with Crippen LogP contribution in [0, 0.1) is 4.77 Å². The van der Waals surface area contributed by atoms with E-state index in [-0.39, 0.29) is 0 Å². The van der Waals surface area contributed by atoms with Crippen molar-refractivity contribution in [3.63, 3.8) is 0 Å². The van der Waals surface area contributed by atoms with E-state index in [4.69, 9.17) is 17.0 Å². The van der Waals surface area contributed by atoms with Gasteiger partial charge < -0.3 is 14.7 Å². The van der Waals surface area contributed by atoms with Crippen molar-refractivity contribution >= 4 is 55.8 Å². The molecule has 0 spiro atoms. The standard InChI is InChI=1S/C12H12Br2N2OS2/c13-10-2-1-9(5-11(10)14)17-3-4-19-7-8-6-15-12(18)16-8/h1-2,5-6H,3-4,7H2,(H2,15,16,18). The van der Waals surface area contributed by atoms with Crippen molar-refractivity contribution in [2.45, 2.75) is 5.75 Å². The monoisotopic (exact) mass is 422 g/mol.